The van der Waals surface area contributed by atoms with Gasteiger partial charge in [0.1, 0.15) is 0 Å². The first-order valence-corrected chi connectivity index (χ1v) is 6.92. The highest BCUT2D eigenvalue weighted by molar-refractivity contribution is 5.79. The van der Waals surface area contributed by atoms with Crippen molar-refractivity contribution < 1.29 is 4.74 Å². The predicted octanol–water partition coefficient (Wildman–Crippen LogP) is 1.40. The van der Waals surface area contributed by atoms with Crippen LogP contribution in [-0.4, -0.2) is 32.3 Å². The molecule has 18 heavy (non-hydrogen) atoms. The smallest absolute Gasteiger partial charge is 0.206 e. The van der Waals surface area contributed by atoms with Crippen molar-refractivity contribution in [1.29, 1.82) is 0 Å². The molecule has 0 spiro atoms. The van der Waals surface area contributed by atoms with E-state index in [-0.39, 0.29) is 6.04 Å². The Kier molecular flexibility index (Phi) is 6.43. The van der Waals surface area contributed by atoms with Crippen molar-refractivity contribution in [2.75, 3.05) is 20.3 Å². The zero-order chi connectivity index (χ0) is 13.4. The van der Waals surface area contributed by atoms with Crippen molar-refractivity contribution in [3.8, 4) is 0 Å². The molecule has 0 aliphatic heterocycles. The highest BCUT2D eigenvalue weighted by atomic mass is 16.5. The average Bonchev–Trinajstić information content (AvgIpc) is 2.84. The van der Waals surface area contributed by atoms with Gasteiger partial charge in [0.05, 0.1) is 6.61 Å². The number of hydrazine groups is 1. The molecular formula is C13H28N4O. The molecule has 0 bridgehead atoms. The summed E-state index contributed by atoms with van der Waals surface area (Å²) in [5.41, 5.74) is 3.04. The van der Waals surface area contributed by atoms with Gasteiger partial charge in [0.15, 0.2) is 0 Å². The van der Waals surface area contributed by atoms with E-state index >= 15 is 0 Å². The van der Waals surface area contributed by atoms with Gasteiger partial charge in [-0.2, -0.15) is 0 Å². The van der Waals surface area contributed by atoms with Crippen molar-refractivity contribution in [3.63, 3.8) is 0 Å². The van der Waals surface area contributed by atoms with Crippen LogP contribution in [0.15, 0.2) is 4.99 Å². The Morgan fingerprint density at radius 1 is 1.44 bits per heavy atom. The minimum atomic E-state index is 0.200. The monoisotopic (exact) mass is 256 g/mol. The molecule has 5 nitrogen and oxygen atoms in total. The number of rotatable bonds is 6. The van der Waals surface area contributed by atoms with E-state index < -0.39 is 0 Å². The van der Waals surface area contributed by atoms with Crippen LogP contribution in [0.5, 0.6) is 0 Å². The molecule has 5 heteroatoms. The number of nitrogens with one attached hydrogen (secondary N) is 2. The summed E-state index contributed by atoms with van der Waals surface area (Å²) in [6.45, 7) is 5.80. The van der Waals surface area contributed by atoms with Crippen LogP contribution < -0.4 is 16.6 Å². The van der Waals surface area contributed by atoms with Gasteiger partial charge in [-0.05, 0) is 31.6 Å². The molecule has 1 fully saturated rings. The molecular weight excluding hydrogens is 228 g/mol. The minimum absolute atomic E-state index is 0.200. The Morgan fingerprint density at radius 3 is 2.61 bits per heavy atom. The lowest BCUT2D eigenvalue weighted by atomic mass is 9.84. The number of nitrogens with two attached hydrogens (primary N) is 1. The number of aliphatic imine (C=N–C) groups is 1. The molecule has 106 valence electrons. The first kappa shape index (κ1) is 15.2. The van der Waals surface area contributed by atoms with E-state index in [0.29, 0.717) is 18.0 Å². The molecule has 0 heterocycles. The highest BCUT2D eigenvalue weighted by Gasteiger charge is 2.31. The number of nitrogens with zero attached hydrogens (tertiary/aromatic N) is 1. The van der Waals surface area contributed by atoms with E-state index in [9.17, 15) is 0 Å². The second-order valence-electron chi connectivity index (χ2n) is 5.37. The number of ether oxygens (including phenoxy) is 1. The van der Waals surface area contributed by atoms with E-state index in [2.05, 4.69) is 22.7 Å². The standard InChI is InChI=1S/C13H28N4O/c1-4-13(7-5-6-8-13)10-15-12(17-14)16-11(2)9-18-3/h11H,4-10,14H2,1-3H3,(H2,15,16,17). The van der Waals surface area contributed by atoms with Crippen LogP contribution in [0.1, 0.15) is 46.0 Å². The number of hydrogen-bond donors (Lipinski definition) is 3. The molecule has 1 rings (SSSR count). The quantitative estimate of drug-likeness (QED) is 0.291. The molecule has 0 radical (unpaired) electrons. The molecule has 1 saturated carbocycles. The summed E-state index contributed by atoms with van der Waals surface area (Å²) >= 11 is 0. The molecule has 1 atom stereocenters. The Morgan fingerprint density at radius 2 is 2.11 bits per heavy atom. The Bertz CT molecular complexity index is 262. The summed E-state index contributed by atoms with van der Waals surface area (Å²) in [5.74, 6) is 6.17. The molecule has 1 aliphatic rings. The highest BCUT2D eigenvalue weighted by Crippen LogP contribution is 2.41. The molecule has 4 N–H and O–H groups in total. The van der Waals surface area contributed by atoms with Gasteiger partial charge >= 0.3 is 0 Å². The van der Waals surface area contributed by atoms with E-state index in [1.807, 2.05) is 6.92 Å². The zero-order valence-electron chi connectivity index (χ0n) is 12.0. The summed E-state index contributed by atoms with van der Waals surface area (Å²) in [6.07, 6.45) is 6.45. The van der Waals surface area contributed by atoms with Crippen molar-refractivity contribution in [2.24, 2.45) is 16.3 Å². The van der Waals surface area contributed by atoms with Crippen molar-refractivity contribution >= 4 is 5.96 Å². The van der Waals surface area contributed by atoms with Gasteiger partial charge in [-0.1, -0.05) is 19.8 Å². The lowest BCUT2D eigenvalue weighted by Gasteiger charge is -2.26. The van der Waals surface area contributed by atoms with Crippen LogP contribution in [0.3, 0.4) is 0 Å². The van der Waals surface area contributed by atoms with Crippen LogP contribution in [-0.2, 0) is 4.74 Å². The topological polar surface area (TPSA) is 71.7 Å². The average molecular weight is 256 g/mol. The molecule has 1 unspecified atom stereocenters. The number of methoxy groups -OCH3 is 1. The maximum absolute atomic E-state index is 5.50. The number of hydrogen-bond acceptors (Lipinski definition) is 3. The summed E-state index contributed by atoms with van der Waals surface area (Å²) in [7, 11) is 1.69. The second-order valence-corrected chi connectivity index (χ2v) is 5.37. The van der Waals surface area contributed by atoms with Crippen molar-refractivity contribution in [1.82, 2.24) is 10.7 Å². The second kappa shape index (κ2) is 7.59. The Hall–Kier alpha value is -0.810. The van der Waals surface area contributed by atoms with E-state index in [0.717, 1.165) is 6.54 Å². The number of guanidine groups is 1. The van der Waals surface area contributed by atoms with E-state index in [1.165, 1.54) is 32.1 Å². The van der Waals surface area contributed by atoms with Gasteiger partial charge in [0.25, 0.3) is 0 Å². The fraction of sp³-hybridized carbons (Fsp3) is 0.923. The van der Waals surface area contributed by atoms with Gasteiger partial charge in [-0.15, -0.1) is 0 Å². The third-order valence-electron chi connectivity index (χ3n) is 3.92. The van der Waals surface area contributed by atoms with Crippen molar-refractivity contribution in [2.45, 2.75) is 52.0 Å². The third kappa shape index (κ3) is 4.46. The molecule has 0 saturated heterocycles. The van der Waals surface area contributed by atoms with Gasteiger partial charge in [0.2, 0.25) is 5.96 Å². The fourth-order valence-electron chi connectivity index (χ4n) is 2.65. The van der Waals surface area contributed by atoms with Gasteiger partial charge in [0, 0.05) is 19.7 Å². The van der Waals surface area contributed by atoms with Gasteiger partial charge in [-0.3, -0.25) is 10.4 Å². The summed E-state index contributed by atoms with van der Waals surface area (Å²) in [6, 6.07) is 0.200. The maximum atomic E-state index is 5.50. The molecule has 0 aromatic heterocycles. The fourth-order valence-corrected chi connectivity index (χ4v) is 2.65. The van der Waals surface area contributed by atoms with E-state index in [4.69, 9.17) is 10.6 Å². The summed E-state index contributed by atoms with van der Waals surface area (Å²) in [5, 5.41) is 3.22. The summed E-state index contributed by atoms with van der Waals surface area (Å²) in [4.78, 5) is 4.60. The molecule has 0 amide bonds. The minimum Gasteiger partial charge on any atom is -0.383 e. The zero-order valence-corrected chi connectivity index (χ0v) is 12.0. The van der Waals surface area contributed by atoms with E-state index in [1.54, 1.807) is 7.11 Å². The lowest BCUT2D eigenvalue weighted by molar-refractivity contribution is 0.179. The Labute approximate surface area is 111 Å². The first-order valence-electron chi connectivity index (χ1n) is 6.92. The van der Waals surface area contributed by atoms with Gasteiger partial charge < -0.3 is 10.1 Å². The van der Waals surface area contributed by atoms with Crippen molar-refractivity contribution in [3.05, 3.63) is 0 Å². The molecule has 0 aromatic carbocycles. The lowest BCUT2D eigenvalue weighted by Crippen LogP contribution is -2.47. The third-order valence-corrected chi connectivity index (χ3v) is 3.92. The SMILES string of the molecule is CCC1(CN=C(NN)NC(C)COC)CCCC1. The van der Waals surface area contributed by atoms with Gasteiger partial charge in [-0.25, -0.2) is 5.84 Å². The predicted molar refractivity (Wildman–Crippen MR) is 75.3 cm³/mol. The summed E-state index contributed by atoms with van der Waals surface area (Å²) < 4.78 is 5.08. The molecule has 0 aromatic rings. The Balaban J connectivity index is 2.50. The molecule has 1 aliphatic carbocycles. The first-order chi connectivity index (χ1) is 8.65. The van der Waals surface area contributed by atoms with Crippen LogP contribution in [0.25, 0.3) is 0 Å². The largest absolute Gasteiger partial charge is 0.383 e. The van der Waals surface area contributed by atoms with Crippen LogP contribution in [0.2, 0.25) is 0 Å². The van der Waals surface area contributed by atoms with Crippen LogP contribution >= 0.6 is 0 Å². The normalized spacial score (nSPS) is 20.8. The maximum Gasteiger partial charge on any atom is 0.206 e. The van der Waals surface area contributed by atoms with Crippen LogP contribution in [0, 0.1) is 5.41 Å². The van der Waals surface area contributed by atoms with Crippen LogP contribution in [0.4, 0.5) is 0 Å².